The molecule has 0 saturated carbocycles. The van der Waals surface area contributed by atoms with Gasteiger partial charge >= 0.3 is 6.18 Å². The predicted octanol–water partition coefficient (Wildman–Crippen LogP) is 4.44. The van der Waals surface area contributed by atoms with Crippen LogP contribution in [0.15, 0.2) is 72.9 Å². The maximum absolute atomic E-state index is 12.9. The number of aliphatic hydroxyl groups excluding tert-OH is 1. The molecule has 38 heavy (non-hydrogen) atoms. The summed E-state index contributed by atoms with van der Waals surface area (Å²) in [4.78, 5) is 21.2. The molecule has 0 aliphatic carbocycles. The van der Waals surface area contributed by atoms with Crippen LogP contribution in [0, 0.1) is 0 Å². The molecule has 1 amide bonds. The zero-order chi connectivity index (χ0) is 27.0. The quantitative estimate of drug-likeness (QED) is 0.428. The number of pyridine rings is 1. The Morgan fingerprint density at radius 3 is 2.58 bits per heavy atom. The van der Waals surface area contributed by atoms with Crippen molar-refractivity contribution in [2.24, 2.45) is 0 Å². The summed E-state index contributed by atoms with van der Waals surface area (Å²) >= 11 is 0. The first-order chi connectivity index (χ1) is 18.3. The number of carbonyl (C=O) groups excluding carboxylic acids is 1. The highest BCUT2D eigenvalue weighted by atomic mass is 19.4. The lowest BCUT2D eigenvalue weighted by Crippen LogP contribution is -2.37. The van der Waals surface area contributed by atoms with Crippen LogP contribution in [0.2, 0.25) is 0 Å². The zero-order valence-electron chi connectivity index (χ0n) is 20.9. The summed E-state index contributed by atoms with van der Waals surface area (Å²) in [5.41, 5.74) is 0.510. The summed E-state index contributed by atoms with van der Waals surface area (Å²) in [6.45, 7) is 4.37. The fourth-order valence-electron chi connectivity index (χ4n) is 4.31. The van der Waals surface area contributed by atoms with Gasteiger partial charge in [-0.2, -0.15) is 13.2 Å². The van der Waals surface area contributed by atoms with Gasteiger partial charge in [0.2, 0.25) is 0 Å². The average Bonchev–Trinajstić information content (AvgIpc) is 3.15. The number of ether oxygens (including phenoxy) is 1. The number of nitrogens with zero attached hydrogens (tertiary/aromatic N) is 3. The van der Waals surface area contributed by atoms with E-state index in [4.69, 9.17) is 4.74 Å². The van der Waals surface area contributed by atoms with Crippen molar-refractivity contribution in [1.82, 2.24) is 9.88 Å². The third-order valence-electron chi connectivity index (χ3n) is 6.26. The highest BCUT2D eigenvalue weighted by Gasteiger charge is 2.31. The molecule has 0 radical (unpaired) electrons. The largest absolute Gasteiger partial charge is 0.416 e. The van der Waals surface area contributed by atoms with Gasteiger partial charge in [-0.25, -0.2) is 4.98 Å². The lowest BCUT2D eigenvalue weighted by Gasteiger charge is -2.24. The van der Waals surface area contributed by atoms with Crippen LogP contribution in [0.5, 0.6) is 0 Å². The predicted molar refractivity (Wildman–Crippen MR) is 139 cm³/mol. The van der Waals surface area contributed by atoms with Gasteiger partial charge in [-0.1, -0.05) is 36.4 Å². The van der Waals surface area contributed by atoms with Crippen LogP contribution in [-0.4, -0.2) is 66.3 Å². The van der Waals surface area contributed by atoms with Crippen molar-refractivity contribution in [2.75, 3.05) is 49.5 Å². The Morgan fingerprint density at radius 2 is 1.84 bits per heavy atom. The number of rotatable bonds is 9. The third-order valence-corrected chi connectivity index (χ3v) is 6.26. The van der Waals surface area contributed by atoms with E-state index in [0.29, 0.717) is 18.8 Å². The van der Waals surface area contributed by atoms with E-state index in [1.54, 1.807) is 12.1 Å². The Hall–Kier alpha value is -3.47. The van der Waals surface area contributed by atoms with Crippen LogP contribution in [0.3, 0.4) is 0 Å². The lowest BCUT2D eigenvalue weighted by atomic mass is 10.1. The van der Waals surface area contributed by atoms with Gasteiger partial charge in [-0.15, -0.1) is 0 Å². The van der Waals surface area contributed by atoms with E-state index in [1.165, 1.54) is 18.3 Å². The minimum absolute atomic E-state index is 0.0795. The minimum atomic E-state index is -4.52. The Balaban J connectivity index is 1.24. The average molecular weight is 529 g/mol. The second-order valence-corrected chi connectivity index (χ2v) is 9.23. The topological polar surface area (TPSA) is 77.9 Å². The first-order valence-electron chi connectivity index (χ1n) is 12.5. The van der Waals surface area contributed by atoms with Crippen molar-refractivity contribution in [2.45, 2.75) is 25.3 Å². The van der Waals surface area contributed by atoms with Crippen LogP contribution < -0.4 is 10.2 Å². The Kier molecular flexibility index (Phi) is 9.33. The van der Waals surface area contributed by atoms with Crippen LogP contribution in [0.1, 0.15) is 27.9 Å². The molecule has 2 N–H and O–H groups in total. The van der Waals surface area contributed by atoms with Gasteiger partial charge in [0.25, 0.3) is 5.91 Å². The molecule has 1 saturated heterocycles. The number of aromatic nitrogens is 1. The highest BCUT2D eigenvalue weighted by molar-refractivity contribution is 6.04. The number of aliphatic hydroxyl groups is 1. The van der Waals surface area contributed by atoms with Crippen LogP contribution in [0.25, 0.3) is 0 Å². The molecule has 1 unspecified atom stereocenters. The molecule has 7 nitrogen and oxygen atoms in total. The number of carbonyl (C=O) groups is 1. The van der Waals surface area contributed by atoms with Gasteiger partial charge in [0, 0.05) is 31.7 Å². The summed E-state index contributed by atoms with van der Waals surface area (Å²) < 4.78 is 44.5. The van der Waals surface area contributed by atoms with Gasteiger partial charge in [-0.05, 0) is 48.9 Å². The van der Waals surface area contributed by atoms with Crippen molar-refractivity contribution in [3.63, 3.8) is 0 Å². The smallest absolute Gasteiger partial charge is 0.389 e. The molecular weight excluding hydrogens is 497 g/mol. The lowest BCUT2D eigenvalue weighted by molar-refractivity contribution is -0.137. The number of hydrogen-bond donors (Lipinski definition) is 2. The summed E-state index contributed by atoms with van der Waals surface area (Å²) in [7, 11) is 0. The zero-order valence-corrected chi connectivity index (χ0v) is 20.9. The fourth-order valence-corrected chi connectivity index (χ4v) is 4.31. The Bertz CT molecular complexity index is 1180. The normalized spacial score (nSPS) is 15.6. The Labute approximate surface area is 219 Å². The number of anilines is 2. The Morgan fingerprint density at radius 1 is 1.03 bits per heavy atom. The van der Waals surface area contributed by atoms with Gasteiger partial charge in [-0.3, -0.25) is 9.69 Å². The standard InChI is InChI=1S/C28H31F3N4O3/c29-28(30,31)23-9-4-8-22(16-23)27(37)33-24-10-11-26(32-17-24)35-13-5-12-34(14-15-35)18-25(36)20-38-19-21-6-2-1-3-7-21/h1-4,6-11,16-17,25,36H,5,12-15,18-20H2,(H,33,37). The molecule has 0 spiro atoms. The van der Waals surface area contributed by atoms with Crippen LogP contribution in [-0.2, 0) is 17.5 Å². The molecule has 1 fully saturated rings. The number of amides is 1. The second kappa shape index (κ2) is 12.9. The van der Waals surface area contributed by atoms with Gasteiger partial charge < -0.3 is 20.1 Å². The number of nitrogens with one attached hydrogen (secondary N) is 1. The molecule has 202 valence electrons. The van der Waals surface area contributed by atoms with Crippen molar-refractivity contribution in [3.05, 3.63) is 89.6 Å². The molecule has 2 heterocycles. The first-order valence-corrected chi connectivity index (χ1v) is 12.5. The van der Waals surface area contributed by atoms with Crippen molar-refractivity contribution >= 4 is 17.4 Å². The monoisotopic (exact) mass is 528 g/mol. The molecule has 4 rings (SSSR count). The van der Waals surface area contributed by atoms with E-state index in [-0.39, 0.29) is 12.2 Å². The number of halogens is 3. The molecule has 2 aromatic carbocycles. The van der Waals surface area contributed by atoms with E-state index in [1.807, 2.05) is 30.3 Å². The van der Waals surface area contributed by atoms with Crippen molar-refractivity contribution < 1.29 is 27.8 Å². The van der Waals surface area contributed by atoms with Gasteiger partial charge in [0.05, 0.1) is 36.8 Å². The number of β-amino-alcohol motifs (C(OH)–C–C–N with tert-alkyl or cyclic N) is 1. The van der Waals surface area contributed by atoms with Gasteiger partial charge in [0.1, 0.15) is 5.82 Å². The SMILES string of the molecule is O=C(Nc1ccc(N2CCCN(CC(O)COCc3ccccc3)CC2)nc1)c1cccc(C(F)(F)F)c1. The molecule has 1 aliphatic heterocycles. The van der Waals surface area contributed by atoms with E-state index in [2.05, 4.69) is 20.1 Å². The van der Waals surface area contributed by atoms with E-state index < -0.39 is 23.8 Å². The highest BCUT2D eigenvalue weighted by Crippen LogP contribution is 2.29. The summed E-state index contributed by atoms with van der Waals surface area (Å²) in [6, 6.07) is 17.6. The van der Waals surface area contributed by atoms with Crippen LogP contribution in [0.4, 0.5) is 24.7 Å². The van der Waals surface area contributed by atoms with E-state index >= 15 is 0 Å². The number of benzene rings is 2. The van der Waals surface area contributed by atoms with Crippen LogP contribution >= 0.6 is 0 Å². The minimum Gasteiger partial charge on any atom is -0.389 e. The molecule has 1 aliphatic rings. The maximum atomic E-state index is 12.9. The fraction of sp³-hybridized carbons (Fsp3) is 0.357. The molecule has 1 atom stereocenters. The molecule has 0 bridgehead atoms. The molecule has 3 aromatic rings. The summed E-state index contributed by atoms with van der Waals surface area (Å²) in [5, 5.41) is 13.0. The molecular formula is C28H31F3N4O3. The first kappa shape index (κ1) is 27.6. The number of hydrogen-bond acceptors (Lipinski definition) is 6. The number of alkyl halides is 3. The second-order valence-electron chi connectivity index (χ2n) is 9.23. The van der Waals surface area contributed by atoms with E-state index in [0.717, 1.165) is 56.1 Å². The third kappa shape index (κ3) is 8.01. The maximum Gasteiger partial charge on any atom is 0.416 e. The summed E-state index contributed by atoms with van der Waals surface area (Å²) in [6.07, 6.45) is -2.70. The molecule has 10 heteroatoms. The van der Waals surface area contributed by atoms with Crippen molar-refractivity contribution in [3.8, 4) is 0 Å². The van der Waals surface area contributed by atoms with Crippen molar-refractivity contribution in [1.29, 1.82) is 0 Å². The van der Waals surface area contributed by atoms with Gasteiger partial charge in [0.15, 0.2) is 0 Å². The molecule has 1 aromatic heterocycles. The van der Waals surface area contributed by atoms with E-state index in [9.17, 15) is 23.1 Å². The summed E-state index contributed by atoms with van der Waals surface area (Å²) in [5.74, 6) is 0.109.